The fourth-order valence-corrected chi connectivity index (χ4v) is 3.45. The van der Waals surface area contributed by atoms with Gasteiger partial charge in [-0.2, -0.15) is 4.31 Å². The molecular weight excluding hydrogens is 242 g/mol. The molecule has 100 valence electrons. The summed E-state index contributed by atoms with van der Waals surface area (Å²) in [4.78, 5) is 11.4. The van der Waals surface area contributed by atoms with Gasteiger partial charge in [-0.25, -0.2) is 8.42 Å². The standard InChI is InChI=1S/C11H21NO4S/c1-3-5-8-17(14,15)12(10-6-7-10)9-11(13)16-4-2/h10H,3-9H2,1-2H3. The van der Waals surface area contributed by atoms with E-state index in [0.717, 1.165) is 19.3 Å². The molecule has 1 fully saturated rings. The summed E-state index contributed by atoms with van der Waals surface area (Å²) >= 11 is 0. The first-order valence-electron chi connectivity index (χ1n) is 6.16. The van der Waals surface area contributed by atoms with Crippen LogP contribution < -0.4 is 0 Å². The molecule has 0 bridgehead atoms. The summed E-state index contributed by atoms with van der Waals surface area (Å²) in [7, 11) is -3.30. The molecule has 1 saturated carbocycles. The maximum absolute atomic E-state index is 12.0. The number of carbonyl (C=O) groups is 1. The Kier molecular flexibility index (Phi) is 5.39. The van der Waals surface area contributed by atoms with Crippen molar-refractivity contribution >= 4 is 16.0 Å². The molecule has 0 amide bonds. The van der Waals surface area contributed by atoms with Crippen molar-refractivity contribution in [2.24, 2.45) is 0 Å². The first-order chi connectivity index (χ1) is 8.01. The topological polar surface area (TPSA) is 63.7 Å². The lowest BCUT2D eigenvalue weighted by molar-refractivity contribution is -0.143. The highest BCUT2D eigenvalue weighted by molar-refractivity contribution is 7.89. The predicted molar refractivity (Wildman–Crippen MR) is 65.1 cm³/mol. The highest BCUT2D eigenvalue weighted by Crippen LogP contribution is 2.29. The molecule has 0 spiro atoms. The average Bonchev–Trinajstić information content (AvgIpc) is 3.07. The second kappa shape index (κ2) is 6.35. The Morgan fingerprint density at radius 1 is 1.35 bits per heavy atom. The molecule has 0 aromatic rings. The molecule has 0 atom stereocenters. The van der Waals surface area contributed by atoms with Crippen LogP contribution in [0, 0.1) is 0 Å². The number of esters is 1. The number of rotatable bonds is 8. The number of unbranched alkanes of at least 4 members (excludes halogenated alkanes) is 1. The molecule has 0 heterocycles. The number of hydrogen-bond acceptors (Lipinski definition) is 4. The normalized spacial score (nSPS) is 16.2. The van der Waals surface area contributed by atoms with Gasteiger partial charge in [0.05, 0.1) is 12.4 Å². The van der Waals surface area contributed by atoms with Crippen LogP contribution in [0.3, 0.4) is 0 Å². The van der Waals surface area contributed by atoms with Gasteiger partial charge in [0.25, 0.3) is 0 Å². The number of nitrogens with zero attached hydrogens (tertiary/aromatic N) is 1. The Balaban J connectivity index is 2.61. The van der Waals surface area contributed by atoms with Crippen molar-refractivity contribution in [3.05, 3.63) is 0 Å². The van der Waals surface area contributed by atoms with E-state index in [4.69, 9.17) is 4.74 Å². The molecule has 0 N–H and O–H groups in total. The van der Waals surface area contributed by atoms with Gasteiger partial charge in [-0.3, -0.25) is 4.79 Å². The molecule has 0 unspecified atom stereocenters. The maximum atomic E-state index is 12.0. The van der Waals surface area contributed by atoms with Gasteiger partial charge in [-0.05, 0) is 26.2 Å². The van der Waals surface area contributed by atoms with Gasteiger partial charge in [-0.1, -0.05) is 13.3 Å². The van der Waals surface area contributed by atoms with Crippen LogP contribution in [0.2, 0.25) is 0 Å². The lowest BCUT2D eigenvalue weighted by atomic mass is 10.4. The van der Waals surface area contributed by atoms with E-state index < -0.39 is 16.0 Å². The van der Waals surface area contributed by atoms with Gasteiger partial charge in [-0.15, -0.1) is 0 Å². The zero-order chi connectivity index (χ0) is 12.9. The second-order valence-corrected chi connectivity index (χ2v) is 6.29. The smallest absolute Gasteiger partial charge is 0.321 e. The first kappa shape index (κ1) is 14.4. The Morgan fingerprint density at radius 3 is 2.47 bits per heavy atom. The highest BCUT2D eigenvalue weighted by Gasteiger charge is 2.38. The zero-order valence-electron chi connectivity index (χ0n) is 10.5. The summed E-state index contributed by atoms with van der Waals surface area (Å²) in [6.45, 7) is 3.81. The lowest BCUT2D eigenvalue weighted by Crippen LogP contribution is -2.39. The van der Waals surface area contributed by atoms with Crippen LogP contribution in [-0.2, 0) is 19.6 Å². The molecule has 0 aromatic heterocycles. The van der Waals surface area contributed by atoms with E-state index in [9.17, 15) is 13.2 Å². The second-order valence-electron chi connectivity index (χ2n) is 4.25. The van der Waals surface area contributed by atoms with E-state index in [1.165, 1.54) is 4.31 Å². The third-order valence-corrected chi connectivity index (χ3v) is 4.60. The quantitative estimate of drug-likeness (QED) is 0.616. The van der Waals surface area contributed by atoms with Crippen molar-refractivity contribution in [2.45, 2.75) is 45.6 Å². The van der Waals surface area contributed by atoms with Gasteiger partial charge in [0.15, 0.2) is 0 Å². The van der Waals surface area contributed by atoms with Crippen LogP contribution in [0.5, 0.6) is 0 Å². The molecule has 0 aliphatic heterocycles. The molecule has 0 saturated heterocycles. The van der Waals surface area contributed by atoms with Crippen molar-refractivity contribution in [1.29, 1.82) is 0 Å². The third kappa shape index (κ3) is 4.63. The van der Waals surface area contributed by atoms with Crippen molar-refractivity contribution in [3.8, 4) is 0 Å². The summed E-state index contributed by atoms with van der Waals surface area (Å²) in [5.74, 6) is -0.334. The van der Waals surface area contributed by atoms with E-state index >= 15 is 0 Å². The van der Waals surface area contributed by atoms with Crippen LogP contribution >= 0.6 is 0 Å². The Hall–Kier alpha value is -0.620. The SMILES string of the molecule is CCCCS(=O)(=O)N(CC(=O)OCC)C1CC1. The molecule has 6 heteroatoms. The van der Waals surface area contributed by atoms with E-state index in [1.54, 1.807) is 6.92 Å². The summed E-state index contributed by atoms with van der Waals surface area (Å²) in [5.41, 5.74) is 0. The van der Waals surface area contributed by atoms with Gasteiger partial charge < -0.3 is 4.74 Å². The minimum Gasteiger partial charge on any atom is -0.465 e. The Labute approximate surface area is 103 Å². The summed E-state index contributed by atoms with van der Waals surface area (Å²) in [6, 6.07) is 0.0151. The first-order valence-corrected chi connectivity index (χ1v) is 7.77. The number of ether oxygens (including phenoxy) is 1. The van der Waals surface area contributed by atoms with Crippen LogP contribution in [0.1, 0.15) is 39.5 Å². The Bertz CT molecular complexity index is 348. The molecule has 5 nitrogen and oxygen atoms in total. The van der Waals surface area contributed by atoms with Gasteiger partial charge in [0.1, 0.15) is 6.54 Å². The fraction of sp³-hybridized carbons (Fsp3) is 0.909. The van der Waals surface area contributed by atoms with Crippen LogP contribution in [-0.4, -0.2) is 43.6 Å². The summed E-state index contributed by atoms with van der Waals surface area (Å²) in [5, 5.41) is 0. The number of hydrogen-bond donors (Lipinski definition) is 0. The van der Waals surface area contributed by atoms with Crippen molar-refractivity contribution < 1.29 is 17.9 Å². The predicted octanol–water partition coefficient (Wildman–Crippen LogP) is 1.14. The highest BCUT2D eigenvalue weighted by atomic mass is 32.2. The summed E-state index contributed by atoms with van der Waals surface area (Å²) in [6.07, 6.45) is 3.17. The monoisotopic (exact) mass is 263 g/mol. The molecular formula is C11H21NO4S. The number of carbonyl (C=O) groups excluding carboxylic acids is 1. The van der Waals surface area contributed by atoms with E-state index in [-0.39, 0.29) is 24.9 Å². The minimum absolute atomic E-state index is 0.0151. The third-order valence-electron chi connectivity index (χ3n) is 2.66. The molecule has 0 radical (unpaired) electrons. The van der Waals surface area contributed by atoms with Gasteiger partial charge >= 0.3 is 5.97 Å². The minimum atomic E-state index is -3.30. The maximum Gasteiger partial charge on any atom is 0.321 e. The van der Waals surface area contributed by atoms with E-state index in [0.29, 0.717) is 6.42 Å². The summed E-state index contributed by atoms with van der Waals surface area (Å²) < 4.78 is 30.2. The largest absolute Gasteiger partial charge is 0.465 e. The van der Waals surface area contributed by atoms with Crippen molar-refractivity contribution in [1.82, 2.24) is 4.31 Å². The van der Waals surface area contributed by atoms with E-state index in [1.807, 2.05) is 6.92 Å². The van der Waals surface area contributed by atoms with Crippen LogP contribution in [0.4, 0.5) is 0 Å². The molecule has 1 aliphatic rings. The van der Waals surface area contributed by atoms with Crippen LogP contribution in [0.15, 0.2) is 0 Å². The molecule has 17 heavy (non-hydrogen) atoms. The average molecular weight is 263 g/mol. The molecule has 0 aromatic carbocycles. The van der Waals surface area contributed by atoms with Gasteiger partial charge in [0.2, 0.25) is 10.0 Å². The lowest BCUT2D eigenvalue weighted by Gasteiger charge is -2.20. The number of sulfonamides is 1. The zero-order valence-corrected chi connectivity index (χ0v) is 11.3. The van der Waals surface area contributed by atoms with Crippen LogP contribution in [0.25, 0.3) is 0 Å². The molecule has 1 aliphatic carbocycles. The fourth-order valence-electron chi connectivity index (χ4n) is 1.59. The van der Waals surface area contributed by atoms with Crippen molar-refractivity contribution in [3.63, 3.8) is 0 Å². The Morgan fingerprint density at radius 2 is 2.00 bits per heavy atom. The molecule has 1 rings (SSSR count). The van der Waals surface area contributed by atoms with Gasteiger partial charge in [0, 0.05) is 6.04 Å². The van der Waals surface area contributed by atoms with Crippen molar-refractivity contribution in [2.75, 3.05) is 18.9 Å². The van der Waals surface area contributed by atoms with E-state index in [2.05, 4.69) is 0 Å².